The van der Waals surface area contributed by atoms with Crippen molar-refractivity contribution >= 4 is 40.5 Å². The molecule has 0 unspecified atom stereocenters. The summed E-state index contributed by atoms with van der Waals surface area (Å²) in [5.74, 6) is -1.67. The standard InChI is InChI=1S/C27H21F3N6O5/c1-14-6-8-18(32-23(37)16-4-3-5-17(10-16)27(28,29)30)11-21(14)34-24(38)20-13-31-26(35-25(20)39)33-19-9-7-15(2)22(12-19)36(40)41/h3-13H,1-2H3,(H,32,37)(H,34,38)(H2,31,33,35,39). The van der Waals surface area contributed by atoms with Crippen molar-refractivity contribution in [1.29, 1.82) is 0 Å². The maximum absolute atomic E-state index is 13.0. The highest BCUT2D eigenvalue weighted by molar-refractivity contribution is 6.06. The molecule has 14 heteroatoms. The first-order chi connectivity index (χ1) is 19.3. The van der Waals surface area contributed by atoms with Crippen LogP contribution in [-0.4, -0.2) is 26.7 Å². The highest BCUT2D eigenvalue weighted by Crippen LogP contribution is 2.30. The van der Waals surface area contributed by atoms with E-state index in [1.54, 1.807) is 26.0 Å². The summed E-state index contributed by atoms with van der Waals surface area (Å²) in [4.78, 5) is 55.0. The third-order valence-corrected chi connectivity index (χ3v) is 5.91. The Labute approximate surface area is 229 Å². The van der Waals surface area contributed by atoms with Crippen LogP contribution in [0.25, 0.3) is 0 Å². The van der Waals surface area contributed by atoms with Gasteiger partial charge >= 0.3 is 6.18 Å². The molecule has 4 aromatic rings. The van der Waals surface area contributed by atoms with Gasteiger partial charge in [-0.2, -0.15) is 13.2 Å². The Balaban J connectivity index is 1.48. The smallest absolute Gasteiger partial charge is 0.325 e. The number of halogens is 3. The van der Waals surface area contributed by atoms with Crippen LogP contribution < -0.4 is 21.5 Å². The van der Waals surface area contributed by atoms with Gasteiger partial charge in [-0.25, -0.2) is 4.98 Å². The molecule has 1 heterocycles. The van der Waals surface area contributed by atoms with Crippen LogP contribution in [0.4, 0.5) is 41.9 Å². The van der Waals surface area contributed by atoms with Crippen molar-refractivity contribution in [3.63, 3.8) is 0 Å². The number of amides is 2. The van der Waals surface area contributed by atoms with Crippen LogP contribution in [0.15, 0.2) is 71.7 Å². The summed E-state index contributed by atoms with van der Waals surface area (Å²) in [5.41, 5.74) is -0.726. The van der Waals surface area contributed by atoms with Gasteiger partial charge in [0.1, 0.15) is 5.56 Å². The van der Waals surface area contributed by atoms with Gasteiger partial charge in [0, 0.05) is 40.5 Å². The van der Waals surface area contributed by atoms with Crippen molar-refractivity contribution in [3.8, 4) is 0 Å². The van der Waals surface area contributed by atoms with Gasteiger partial charge in [-0.1, -0.05) is 18.2 Å². The Morgan fingerprint density at radius 3 is 2.32 bits per heavy atom. The van der Waals surface area contributed by atoms with E-state index < -0.39 is 34.0 Å². The molecule has 0 fully saturated rings. The van der Waals surface area contributed by atoms with E-state index in [1.165, 1.54) is 30.3 Å². The van der Waals surface area contributed by atoms with Crippen LogP contribution in [0.3, 0.4) is 0 Å². The van der Waals surface area contributed by atoms with Gasteiger partial charge in [0.25, 0.3) is 23.1 Å². The minimum absolute atomic E-state index is 0.0554. The first-order valence-electron chi connectivity index (χ1n) is 11.8. The minimum atomic E-state index is -4.61. The number of hydrogen-bond donors (Lipinski definition) is 4. The average molecular weight is 566 g/mol. The number of nitrogens with one attached hydrogen (secondary N) is 4. The van der Waals surface area contributed by atoms with E-state index in [0.717, 1.165) is 24.4 Å². The van der Waals surface area contributed by atoms with Crippen LogP contribution in [0.2, 0.25) is 0 Å². The van der Waals surface area contributed by atoms with Gasteiger partial charge < -0.3 is 16.0 Å². The second kappa shape index (κ2) is 11.3. The lowest BCUT2D eigenvalue weighted by molar-refractivity contribution is -0.385. The number of H-pyrrole nitrogens is 1. The zero-order chi connectivity index (χ0) is 29.9. The Bertz CT molecular complexity index is 1740. The molecule has 0 spiro atoms. The van der Waals surface area contributed by atoms with Crippen LogP contribution >= 0.6 is 0 Å². The van der Waals surface area contributed by atoms with Crippen LogP contribution in [0.1, 0.15) is 37.4 Å². The zero-order valence-corrected chi connectivity index (χ0v) is 21.4. The summed E-state index contributed by atoms with van der Waals surface area (Å²) in [7, 11) is 0. The van der Waals surface area contributed by atoms with Gasteiger partial charge in [-0.15, -0.1) is 0 Å². The molecule has 0 aliphatic carbocycles. The number of nitro benzene ring substituents is 1. The fraction of sp³-hybridized carbons (Fsp3) is 0.111. The maximum Gasteiger partial charge on any atom is 0.416 e. The van der Waals surface area contributed by atoms with Crippen molar-refractivity contribution in [2.45, 2.75) is 20.0 Å². The number of benzene rings is 3. The van der Waals surface area contributed by atoms with Crippen molar-refractivity contribution in [3.05, 3.63) is 115 Å². The minimum Gasteiger partial charge on any atom is -0.325 e. The summed E-state index contributed by atoms with van der Waals surface area (Å²) < 4.78 is 39.0. The molecular formula is C27H21F3N6O5. The number of carbonyl (C=O) groups is 2. The van der Waals surface area contributed by atoms with E-state index >= 15 is 0 Å². The molecule has 0 aliphatic rings. The fourth-order valence-corrected chi connectivity index (χ4v) is 3.70. The molecule has 0 bridgehead atoms. The number of carbonyl (C=O) groups excluding carboxylic acids is 2. The number of aromatic nitrogens is 2. The monoisotopic (exact) mass is 566 g/mol. The van der Waals surface area contributed by atoms with Gasteiger partial charge in [0.15, 0.2) is 0 Å². The molecule has 1 aromatic heterocycles. The maximum atomic E-state index is 13.0. The SMILES string of the molecule is Cc1ccc(NC(=O)c2cccc(C(F)(F)F)c2)cc1NC(=O)c1cnc(Nc2ccc(C)c([N+](=O)[O-])c2)[nH]c1=O. The van der Waals surface area contributed by atoms with E-state index in [0.29, 0.717) is 16.8 Å². The van der Waals surface area contributed by atoms with Gasteiger partial charge in [0.05, 0.1) is 10.5 Å². The van der Waals surface area contributed by atoms with E-state index in [1.807, 2.05) is 0 Å². The third-order valence-electron chi connectivity index (χ3n) is 5.91. The fourth-order valence-electron chi connectivity index (χ4n) is 3.70. The lowest BCUT2D eigenvalue weighted by atomic mass is 10.1. The highest BCUT2D eigenvalue weighted by Gasteiger charge is 2.31. The molecule has 0 aliphatic heterocycles. The molecule has 210 valence electrons. The molecule has 41 heavy (non-hydrogen) atoms. The molecule has 3 aromatic carbocycles. The van der Waals surface area contributed by atoms with Crippen molar-refractivity contribution < 1.29 is 27.7 Å². The van der Waals surface area contributed by atoms with Gasteiger partial charge in [0.2, 0.25) is 5.95 Å². The zero-order valence-electron chi connectivity index (χ0n) is 21.4. The lowest BCUT2D eigenvalue weighted by Gasteiger charge is -2.13. The van der Waals surface area contributed by atoms with Gasteiger partial charge in [-0.3, -0.25) is 29.5 Å². The summed E-state index contributed by atoms with van der Waals surface area (Å²) in [6.45, 7) is 3.24. The molecule has 0 radical (unpaired) electrons. The van der Waals surface area contributed by atoms with Gasteiger partial charge in [-0.05, 0) is 55.8 Å². The number of rotatable bonds is 7. The van der Waals surface area contributed by atoms with Crippen LogP contribution in [0, 0.1) is 24.0 Å². The molecule has 0 saturated heterocycles. The Morgan fingerprint density at radius 1 is 0.927 bits per heavy atom. The number of aryl methyl sites for hydroxylation is 2. The topological polar surface area (TPSA) is 159 Å². The van der Waals surface area contributed by atoms with E-state index in [4.69, 9.17) is 0 Å². The summed E-state index contributed by atoms with van der Waals surface area (Å²) in [5, 5.41) is 18.9. The normalized spacial score (nSPS) is 11.0. The number of hydrogen-bond acceptors (Lipinski definition) is 7. The van der Waals surface area contributed by atoms with Crippen LogP contribution in [-0.2, 0) is 6.18 Å². The number of nitro groups is 1. The summed E-state index contributed by atoms with van der Waals surface area (Å²) in [6.07, 6.45) is -3.59. The van der Waals surface area contributed by atoms with Crippen molar-refractivity contribution in [2.75, 3.05) is 16.0 Å². The molecule has 4 rings (SSSR count). The second-order valence-corrected chi connectivity index (χ2v) is 8.87. The number of nitrogens with zero attached hydrogens (tertiary/aromatic N) is 2. The van der Waals surface area contributed by atoms with Crippen LogP contribution in [0.5, 0.6) is 0 Å². The average Bonchev–Trinajstić information content (AvgIpc) is 2.91. The summed E-state index contributed by atoms with van der Waals surface area (Å²) >= 11 is 0. The van der Waals surface area contributed by atoms with E-state index in [-0.39, 0.29) is 34.1 Å². The largest absolute Gasteiger partial charge is 0.416 e. The number of aromatic amines is 1. The molecular weight excluding hydrogens is 545 g/mol. The Morgan fingerprint density at radius 2 is 1.63 bits per heavy atom. The van der Waals surface area contributed by atoms with E-state index in [9.17, 15) is 37.7 Å². The first kappa shape index (κ1) is 28.5. The predicted octanol–water partition coefficient (Wildman–Crippen LogP) is 5.56. The molecule has 0 atom stereocenters. The Hall–Kier alpha value is -5.53. The van der Waals surface area contributed by atoms with Crippen molar-refractivity contribution in [1.82, 2.24) is 9.97 Å². The number of alkyl halides is 3. The molecule has 4 N–H and O–H groups in total. The highest BCUT2D eigenvalue weighted by atomic mass is 19.4. The Kier molecular flexibility index (Phi) is 7.85. The molecule has 11 nitrogen and oxygen atoms in total. The van der Waals surface area contributed by atoms with Crippen molar-refractivity contribution in [2.24, 2.45) is 0 Å². The number of anilines is 4. The lowest BCUT2D eigenvalue weighted by Crippen LogP contribution is -2.24. The second-order valence-electron chi connectivity index (χ2n) is 8.87. The molecule has 0 saturated carbocycles. The van der Waals surface area contributed by atoms with E-state index in [2.05, 4.69) is 25.9 Å². The molecule has 2 amide bonds. The third kappa shape index (κ3) is 6.73. The summed E-state index contributed by atoms with van der Waals surface area (Å²) in [6, 6.07) is 12.7. The quantitative estimate of drug-likeness (QED) is 0.168. The predicted molar refractivity (Wildman–Crippen MR) is 145 cm³/mol. The first-order valence-corrected chi connectivity index (χ1v) is 11.8.